The van der Waals surface area contributed by atoms with E-state index in [-0.39, 0.29) is 24.4 Å². The molecule has 0 N–H and O–H groups in total. The van der Waals surface area contributed by atoms with Gasteiger partial charge in [-0.15, -0.1) is 0 Å². The summed E-state index contributed by atoms with van der Waals surface area (Å²) in [6.07, 6.45) is 4.75. The summed E-state index contributed by atoms with van der Waals surface area (Å²) in [5.74, 6) is -0.348. The molecule has 4 aromatic rings. The van der Waals surface area contributed by atoms with Gasteiger partial charge in [-0.3, -0.25) is 18.9 Å². The number of halogens is 1. The third-order valence-electron chi connectivity index (χ3n) is 4.30. The SMILES string of the molecule is O=c1c2ncccc2n(Cc2ccc(F)cc2)c(=O)n1Cc1cccnc1. The van der Waals surface area contributed by atoms with Crippen molar-refractivity contribution in [1.29, 1.82) is 0 Å². The molecule has 3 aromatic heterocycles. The lowest BCUT2D eigenvalue weighted by atomic mass is 10.2. The van der Waals surface area contributed by atoms with E-state index in [0.29, 0.717) is 5.52 Å². The predicted octanol–water partition coefficient (Wildman–Crippen LogP) is 2.19. The zero-order valence-electron chi connectivity index (χ0n) is 14.2. The highest BCUT2D eigenvalue weighted by Gasteiger charge is 2.14. The number of hydrogen-bond donors (Lipinski definition) is 0. The number of nitrogens with zero attached hydrogens (tertiary/aromatic N) is 4. The van der Waals surface area contributed by atoms with Crippen molar-refractivity contribution in [2.24, 2.45) is 0 Å². The number of fused-ring (bicyclic) bond motifs is 1. The minimum Gasteiger partial charge on any atom is -0.287 e. The Morgan fingerprint density at radius 3 is 2.33 bits per heavy atom. The molecule has 0 saturated heterocycles. The van der Waals surface area contributed by atoms with Crippen LogP contribution < -0.4 is 11.2 Å². The quantitative estimate of drug-likeness (QED) is 0.558. The fraction of sp³-hybridized carbons (Fsp3) is 0.100. The van der Waals surface area contributed by atoms with E-state index >= 15 is 0 Å². The second-order valence-corrected chi connectivity index (χ2v) is 6.12. The van der Waals surface area contributed by atoms with Crippen molar-refractivity contribution < 1.29 is 4.39 Å². The van der Waals surface area contributed by atoms with Crippen LogP contribution in [0.25, 0.3) is 11.0 Å². The van der Waals surface area contributed by atoms with Gasteiger partial charge in [-0.25, -0.2) is 14.2 Å². The summed E-state index contributed by atoms with van der Waals surface area (Å²) in [6.45, 7) is 0.302. The molecule has 0 aliphatic carbocycles. The Hall–Kier alpha value is -3.61. The Morgan fingerprint density at radius 1 is 0.852 bits per heavy atom. The first kappa shape index (κ1) is 16.8. The van der Waals surface area contributed by atoms with Gasteiger partial charge >= 0.3 is 5.69 Å². The van der Waals surface area contributed by atoms with E-state index in [1.54, 1.807) is 48.8 Å². The summed E-state index contributed by atoms with van der Waals surface area (Å²) < 4.78 is 15.8. The molecule has 0 saturated carbocycles. The largest absolute Gasteiger partial charge is 0.332 e. The first-order valence-electron chi connectivity index (χ1n) is 8.35. The second-order valence-electron chi connectivity index (χ2n) is 6.12. The minimum absolute atomic E-state index is 0.0986. The van der Waals surface area contributed by atoms with Crippen LogP contribution in [0.1, 0.15) is 11.1 Å². The summed E-state index contributed by atoms with van der Waals surface area (Å²) in [7, 11) is 0. The van der Waals surface area contributed by atoms with Gasteiger partial charge < -0.3 is 0 Å². The van der Waals surface area contributed by atoms with E-state index in [4.69, 9.17) is 0 Å². The van der Waals surface area contributed by atoms with Crippen LogP contribution in [0.5, 0.6) is 0 Å². The average molecular weight is 362 g/mol. The smallest absolute Gasteiger partial charge is 0.287 e. The van der Waals surface area contributed by atoms with Gasteiger partial charge in [-0.1, -0.05) is 18.2 Å². The van der Waals surface area contributed by atoms with Crippen LogP contribution in [0, 0.1) is 5.82 Å². The van der Waals surface area contributed by atoms with Gasteiger partial charge in [0.05, 0.1) is 18.6 Å². The number of hydrogen-bond acceptors (Lipinski definition) is 4. The highest BCUT2D eigenvalue weighted by Crippen LogP contribution is 2.10. The summed E-state index contributed by atoms with van der Waals surface area (Å²) in [5.41, 5.74) is 1.24. The summed E-state index contributed by atoms with van der Waals surface area (Å²) >= 11 is 0. The van der Waals surface area contributed by atoms with E-state index in [1.165, 1.54) is 22.9 Å². The van der Waals surface area contributed by atoms with E-state index in [2.05, 4.69) is 9.97 Å². The zero-order valence-corrected chi connectivity index (χ0v) is 14.2. The minimum atomic E-state index is -0.450. The van der Waals surface area contributed by atoms with Crippen LogP contribution in [0.15, 0.2) is 76.7 Å². The molecule has 0 spiro atoms. The van der Waals surface area contributed by atoms with E-state index < -0.39 is 11.2 Å². The second kappa shape index (κ2) is 6.95. The van der Waals surface area contributed by atoms with Crippen LogP contribution in [0.2, 0.25) is 0 Å². The van der Waals surface area contributed by atoms with Gasteiger partial charge in [0.2, 0.25) is 0 Å². The number of aromatic nitrogens is 4. The van der Waals surface area contributed by atoms with Crippen molar-refractivity contribution in [2.75, 3.05) is 0 Å². The fourth-order valence-corrected chi connectivity index (χ4v) is 2.98. The number of rotatable bonds is 4. The monoisotopic (exact) mass is 362 g/mol. The molecule has 134 valence electrons. The van der Waals surface area contributed by atoms with Gasteiger partial charge in [0.25, 0.3) is 5.56 Å². The lowest BCUT2D eigenvalue weighted by molar-refractivity contribution is 0.620. The Balaban J connectivity index is 1.90. The molecule has 27 heavy (non-hydrogen) atoms. The van der Waals surface area contributed by atoms with E-state index in [1.807, 2.05) is 0 Å². The van der Waals surface area contributed by atoms with Crippen LogP contribution in [-0.4, -0.2) is 19.1 Å². The van der Waals surface area contributed by atoms with Gasteiger partial charge in [0, 0.05) is 18.6 Å². The highest BCUT2D eigenvalue weighted by molar-refractivity contribution is 5.73. The summed E-state index contributed by atoms with van der Waals surface area (Å²) in [4.78, 5) is 34.1. The standard InChI is InChI=1S/C20H15FN4O2/c21-16-7-5-14(6-8-16)12-24-17-4-2-10-23-18(17)19(26)25(20(24)27)13-15-3-1-9-22-11-15/h1-11H,12-13H2. The van der Waals surface area contributed by atoms with Gasteiger partial charge in [0.15, 0.2) is 5.52 Å². The third-order valence-corrected chi connectivity index (χ3v) is 4.30. The van der Waals surface area contributed by atoms with Gasteiger partial charge in [-0.2, -0.15) is 0 Å². The van der Waals surface area contributed by atoms with E-state index in [9.17, 15) is 14.0 Å². The molecule has 0 amide bonds. The van der Waals surface area contributed by atoms with Gasteiger partial charge in [-0.05, 0) is 41.5 Å². The Kier molecular flexibility index (Phi) is 4.33. The Labute approximate surface area is 153 Å². The molecule has 1 aromatic carbocycles. The predicted molar refractivity (Wildman–Crippen MR) is 99.1 cm³/mol. The molecule has 0 fully saturated rings. The average Bonchev–Trinajstić information content (AvgIpc) is 2.71. The molecular formula is C20H15FN4O2. The topological polar surface area (TPSA) is 69.8 Å². The molecule has 0 aliphatic heterocycles. The van der Waals surface area contributed by atoms with Crippen LogP contribution in [-0.2, 0) is 13.1 Å². The lowest BCUT2D eigenvalue weighted by Crippen LogP contribution is -2.40. The number of pyridine rings is 2. The summed E-state index contributed by atoms with van der Waals surface area (Å²) in [6, 6.07) is 12.8. The first-order valence-corrected chi connectivity index (χ1v) is 8.35. The number of benzene rings is 1. The van der Waals surface area contributed by atoms with Crippen LogP contribution in [0.4, 0.5) is 4.39 Å². The molecule has 3 heterocycles. The highest BCUT2D eigenvalue weighted by atomic mass is 19.1. The van der Waals surface area contributed by atoms with Crippen LogP contribution in [0.3, 0.4) is 0 Å². The first-order chi connectivity index (χ1) is 13.1. The van der Waals surface area contributed by atoms with Crippen molar-refractivity contribution >= 4 is 11.0 Å². The molecule has 0 atom stereocenters. The van der Waals surface area contributed by atoms with Crippen LogP contribution >= 0.6 is 0 Å². The maximum Gasteiger partial charge on any atom is 0.332 e. The third kappa shape index (κ3) is 3.27. The molecule has 0 unspecified atom stereocenters. The van der Waals surface area contributed by atoms with Crippen molar-refractivity contribution in [1.82, 2.24) is 19.1 Å². The molecule has 0 bridgehead atoms. The fourth-order valence-electron chi connectivity index (χ4n) is 2.98. The van der Waals surface area contributed by atoms with Crippen molar-refractivity contribution in [3.63, 3.8) is 0 Å². The normalized spacial score (nSPS) is 11.0. The van der Waals surface area contributed by atoms with Crippen molar-refractivity contribution in [3.8, 4) is 0 Å². The van der Waals surface area contributed by atoms with E-state index in [0.717, 1.165) is 15.7 Å². The Bertz CT molecular complexity index is 1210. The van der Waals surface area contributed by atoms with Crippen molar-refractivity contribution in [2.45, 2.75) is 13.1 Å². The van der Waals surface area contributed by atoms with Crippen molar-refractivity contribution in [3.05, 3.63) is 105 Å². The van der Waals surface area contributed by atoms with Gasteiger partial charge in [0.1, 0.15) is 5.82 Å². The zero-order chi connectivity index (χ0) is 18.8. The Morgan fingerprint density at radius 2 is 1.59 bits per heavy atom. The lowest BCUT2D eigenvalue weighted by Gasteiger charge is -2.13. The molecule has 7 heteroatoms. The molecule has 0 radical (unpaired) electrons. The maximum absolute atomic E-state index is 13.2. The molecular weight excluding hydrogens is 347 g/mol. The molecule has 6 nitrogen and oxygen atoms in total. The molecule has 0 aliphatic rings. The molecule has 4 rings (SSSR count). The summed E-state index contributed by atoms with van der Waals surface area (Å²) in [5, 5.41) is 0. The maximum atomic E-state index is 13.2.